The van der Waals surface area contributed by atoms with Crippen molar-refractivity contribution in [2.24, 2.45) is 0 Å². The number of hydrogen-bond donors (Lipinski definition) is 0. The Morgan fingerprint density at radius 2 is 2.03 bits per heavy atom. The molecule has 10 heteroatoms. The summed E-state index contributed by atoms with van der Waals surface area (Å²) >= 11 is 0. The lowest BCUT2D eigenvalue weighted by molar-refractivity contribution is -0.385. The normalized spacial score (nSPS) is 14.4. The molecule has 1 aromatic carbocycles. The van der Waals surface area contributed by atoms with Gasteiger partial charge in [0, 0.05) is 43.5 Å². The molecule has 0 bridgehead atoms. The molecule has 0 amide bonds. The number of pyridine rings is 2. The van der Waals surface area contributed by atoms with Gasteiger partial charge in [0.25, 0.3) is 5.69 Å². The van der Waals surface area contributed by atoms with Gasteiger partial charge < -0.3 is 14.2 Å². The number of fused-ring (bicyclic) bond motifs is 1. The zero-order valence-corrected chi connectivity index (χ0v) is 17.6. The van der Waals surface area contributed by atoms with Crippen molar-refractivity contribution in [3.63, 3.8) is 0 Å². The van der Waals surface area contributed by atoms with Crippen molar-refractivity contribution in [2.45, 2.75) is 13.3 Å². The minimum absolute atomic E-state index is 0.140. The molecular formula is C22H23FN4O5. The first-order valence-electron chi connectivity index (χ1n) is 10.3. The summed E-state index contributed by atoms with van der Waals surface area (Å²) in [6, 6.07) is 6.62. The van der Waals surface area contributed by atoms with E-state index in [2.05, 4.69) is 14.9 Å². The Hall–Kier alpha value is -3.37. The Labute approximate surface area is 183 Å². The van der Waals surface area contributed by atoms with Crippen molar-refractivity contribution in [3.05, 3.63) is 58.0 Å². The summed E-state index contributed by atoms with van der Waals surface area (Å²) in [5.74, 6) is -0.239. The molecule has 3 heterocycles. The van der Waals surface area contributed by atoms with Crippen LogP contribution in [-0.2, 0) is 4.74 Å². The zero-order chi connectivity index (χ0) is 22.5. The van der Waals surface area contributed by atoms with Crippen molar-refractivity contribution < 1.29 is 23.5 Å². The largest absolute Gasteiger partial charge is 0.477 e. The fourth-order valence-corrected chi connectivity index (χ4v) is 3.44. The number of nitro groups is 1. The maximum Gasteiger partial charge on any atom is 0.272 e. The van der Waals surface area contributed by atoms with E-state index in [-0.39, 0.29) is 17.2 Å². The van der Waals surface area contributed by atoms with E-state index in [4.69, 9.17) is 14.2 Å². The number of halogens is 1. The summed E-state index contributed by atoms with van der Waals surface area (Å²) in [5.41, 5.74) is 1.47. The van der Waals surface area contributed by atoms with E-state index in [0.29, 0.717) is 23.5 Å². The van der Waals surface area contributed by atoms with Crippen molar-refractivity contribution in [2.75, 3.05) is 39.5 Å². The summed E-state index contributed by atoms with van der Waals surface area (Å²) in [5, 5.41) is 10.8. The maximum absolute atomic E-state index is 14.3. The Morgan fingerprint density at radius 1 is 1.22 bits per heavy atom. The molecule has 1 aliphatic heterocycles. The fourth-order valence-electron chi connectivity index (χ4n) is 3.44. The number of hydrogen-bond acceptors (Lipinski definition) is 8. The van der Waals surface area contributed by atoms with Gasteiger partial charge in [0.15, 0.2) is 17.3 Å². The van der Waals surface area contributed by atoms with Crippen LogP contribution in [0, 0.1) is 22.9 Å². The van der Waals surface area contributed by atoms with Gasteiger partial charge in [-0.15, -0.1) is 0 Å². The summed E-state index contributed by atoms with van der Waals surface area (Å²) in [6.07, 6.45) is 2.38. The lowest BCUT2D eigenvalue weighted by Gasteiger charge is -2.26. The molecule has 0 radical (unpaired) electrons. The molecule has 1 aliphatic rings. The van der Waals surface area contributed by atoms with Crippen molar-refractivity contribution in [3.8, 4) is 17.4 Å². The number of ether oxygens (including phenoxy) is 3. The Bertz CT molecular complexity index is 1120. The van der Waals surface area contributed by atoms with Crippen LogP contribution < -0.4 is 9.47 Å². The van der Waals surface area contributed by atoms with E-state index < -0.39 is 10.7 Å². The van der Waals surface area contributed by atoms with Crippen LogP contribution in [0.3, 0.4) is 0 Å². The Kier molecular flexibility index (Phi) is 6.72. The van der Waals surface area contributed by atoms with Crippen LogP contribution in [-0.4, -0.2) is 59.2 Å². The van der Waals surface area contributed by atoms with Gasteiger partial charge >= 0.3 is 0 Å². The van der Waals surface area contributed by atoms with Gasteiger partial charge in [-0.25, -0.2) is 9.37 Å². The number of aryl methyl sites for hydroxylation is 1. The predicted octanol–water partition coefficient (Wildman–Crippen LogP) is 3.88. The molecule has 0 unspecified atom stereocenters. The van der Waals surface area contributed by atoms with Crippen molar-refractivity contribution in [1.82, 2.24) is 14.9 Å². The number of non-ortho nitro benzene ring substituents is 1. The quantitative estimate of drug-likeness (QED) is 0.294. The van der Waals surface area contributed by atoms with Crippen LogP contribution >= 0.6 is 0 Å². The average molecular weight is 442 g/mol. The van der Waals surface area contributed by atoms with Gasteiger partial charge in [-0.05, 0) is 25.5 Å². The van der Waals surface area contributed by atoms with Crippen LogP contribution in [0.1, 0.15) is 12.0 Å². The van der Waals surface area contributed by atoms with E-state index in [1.165, 1.54) is 18.3 Å². The van der Waals surface area contributed by atoms with Gasteiger partial charge in [-0.1, -0.05) is 0 Å². The van der Waals surface area contributed by atoms with Crippen LogP contribution in [0.4, 0.5) is 10.1 Å². The molecule has 9 nitrogen and oxygen atoms in total. The molecule has 168 valence electrons. The fraction of sp³-hybridized carbons (Fsp3) is 0.364. The van der Waals surface area contributed by atoms with E-state index in [1.807, 2.05) is 13.0 Å². The summed E-state index contributed by atoms with van der Waals surface area (Å²) in [6.45, 7) is 6.69. The predicted molar refractivity (Wildman–Crippen MR) is 115 cm³/mol. The molecular weight excluding hydrogens is 419 g/mol. The first kappa shape index (κ1) is 21.8. The highest BCUT2D eigenvalue weighted by Crippen LogP contribution is 2.32. The Morgan fingerprint density at radius 3 is 2.78 bits per heavy atom. The van der Waals surface area contributed by atoms with Crippen LogP contribution in [0.15, 0.2) is 36.5 Å². The third-order valence-corrected chi connectivity index (χ3v) is 5.13. The Balaban J connectivity index is 1.49. The van der Waals surface area contributed by atoms with Crippen LogP contribution in [0.25, 0.3) is 11.0 Å². The second kappa shape index (κ2) is 9.84. The SMILES string of the molecule is Cc1cc2nccc(Oc3ccc([N+](=O)[O-])cc3F)c2nc1OCCCN1CCOCC1. The first-order chi connectivity index (χ1) is 15.5. The molecule has 3 aromatic rings. The summed E-state index contributed by atoms with van der Waals surface area (Å²) in [4.78, 5) is 21.4. The highest BCUT2D eigenvalue weighted by atomic mass is 19.1. The standard InChI is InChI=1S/C22H23FN4O5/c1-15-13-18-21(25-22(15)31-10-2-7-26-8-11-30-12-9-26)20(5-6-24-18)32-19-4-3-16(27(28)29)14-17(19)23/h3-6,13-14H,2,7-12H2,1H3. The number of morpholine rings is 1. The number of nitrogens with zero attached hydrogens (tertiary/aromatic N) is 4. The molecule has 0 atom stereocenters. The summed E-state index contributed by atoms with van der Waals surface area (Å²) in [7, 11) is 0. The molecule has 4 rings (SSSR count). The average Bonchev–Trinajstić information content (AvgIpc) is 2.79. The second-order valence-corrected chi connectivity index (χ2v) is 7.42. The minimum Gasteiger partial charge on any atom is -0.477 e. The smallest absolute Gasteiger partial charge is 0.272 e. The molecule has 0 spiro atoms. The third kappa shape index (κ3) is 5.09. The number of rotatable bonds is 8. The first-order valence-corrected chi connectivity index (χ1v) is 10.3. The van der Waals surface area contributed by atoms with E-state index in [9.17, 15) is 14.5 Å². The van der Waals surface area contributed by atoms with Gasteiger partial charge in [0.05, 0.1) is 36.3 Å². The molecule has 0 aliphatic carbocycles. The topological polar surface area (TPSA) is 99.9 Å². The maximum atomic E-state index is 14.3. The highest BCUT2D eigenvalue weighted by molar-refractivity contribution is 5.82. The molecule has 32 heavy (non-hydrogen) atoms. The lowest BCUT2D eigenvalue weighted by atomic mass is 10.2. The van der Waals surface area contributed by atoms with Crippen molar-refractivity contribution >= 4 is 16.7 Å². The molecule has 1 saturated heterocycles. The number of benzene rings is 1. The van der Waals surface area contributed by atoms with Crippen molar-refractivity contribution in [1.29, 1.82) is 0 Å². The monoisotopic (exact) mass is 442 g/mol. The zero-order valence-electron chi connectivity index (χ0n) is 17.6. The number of nitro benzene ring substituents is 1. The summed E-state index contributed by atoms with van der Waals surface area (Å²) < 4.78 is 31.2. The molecule has 0 saturated carbocycles. The lowest BCUT2D eigenvalue weighted by Crippen LogP contribution is -2.37. The molecule has 0 N–H and O–H groups in total. The second-order valence-electron chi connectivity index (χ2n) is 7.42. The van der Waals surface area contributed by atoms with Crippen LogP contribution in [0.2, 0.25) is 0 Å². The molecule has 1 fully saturated rings. The minimum atomic E-state index is -0.837. The van der Waals surface area contributed by atoms with E-state index in [1.54, 1.807) is 6.07 Å². The third-order valence-electron chi connectivity index (χ3n) is 5.13. The van der Waals surface area contributed by atoms with Gasteiger partial charge in [0.1, 0.15) is 5.52 Å². The molecule has 2 aromatic heterocycles. The van der Waals surface area contributed by atoms with E-state index >= 15 is 0 Å². The van der Waals surface area contributed by atoms with Gasteiger partial charge in [-0.2, -0.15) is 0 Å². The number of aromatic nitrogens is 2. The van der Waals surface area contributed by atoms with Gasteiger partial charge in [-0.3, -0.25) is 20.0 Å². The van der Waals surface area contributed by atoms with E-state index in [0.717, 1.165) is 50.9 Å². The van der Waals surface area contributed by atoms with Gasteiger partial charge in [0.2, 0.25) is 5.88 Å². The van der Waals surface area contributed by atoms with Crippen LogP contribution in [0.5, 0.6) is 17.4 Å². The highest BCUT2D eigenvalue weighted by Gasteiger charge is 2.16.